The van der Waals surface area contributed by atoms with Gasteiger partial charge >= 0.3 is 12.2 Å². The number of hydrogen-bond acceptors (Lipinski definition) is 4. The Labute approximate surface area is 150 Å². The molecule has 1 unspecified atom stereocenters. The van der Waals surface area contributed by atoms with Crippen LogP contribution in [0.25, 0.3) is 0 Å². The highest BCUT2D eigenvalue weighted by molar-refractivity contribution is 5.70. The minimum Gasteiger partial charge on any atom is -0.445 e. The molecule has 1 fully saturated rings. The van der Waals surface area contributed by atoms with Crippen LogP contribution < -0.4 is 0 Å². The van der Waals surface area contributed by atoms with Crippen molar-refractivity contribution in [2.24, 2.45) is 0 Å². The van der Waals surface area contributed by atoms with Crippen LogP contribution in [-0.4, -0.2) is 60.4 Å². The molecule has 140 valence electrons. The quantitative estimate of drug-likeness (QED) is 0.709. The SMILES string of the molecule is C=C/C=C(\C=C)COC(=O)N(C)C1CCCN(C(=O)OC(C)(C)C)C1. The second-order valence-corrected chi connectivity index (χ2v) is 7.07. The van der Waals surface area contributed by atoms with Crippen molar-refractivity contribution in [3.63, 3.8) is 0 Å². The molecule has 0 radical (unpaired) electrons. The largest absolute Gasteiger partial charge is 0.445 e. The fraction of sp³-hybridized carbons (Fsp3) is 0.579. The number of rotatable bonds is 5. The molecule has 0 aromatic carbocycles. The van der Waals surface area contributed by atoms with E-state index < -0.39 is 11.7 Å². The van der Waals surface area contributed by atoms with Crippen molar-refractivity contribution >= 4 is 12.2 Å². The smallest absolute Gasteiger partial charge is 0.410 e. The minimum absolute atomic E-state index is 0.0932. The van der Waals surface area contributed by atoms with Crippen LogP contribution in [0, 0.1) is 0 Å². The zero-order chi connectivity index (χ0) is 19.0. The van der Waals surface area contributed by atoms with Crippen LogP contribution in [-0.2, 0) is 9.47 Å². The zero-order valence-corrected chi connectivity index (χ0v) is 15.8. The Hall–Kier alpha value is -2.24. The normalized spacial score (nSPS) is 18.3. The van der Waals surface area contributed by atoms with Crippen LogP contribution >= 0.6 is 0 Å². The monoisotopic (exact) mass is 350 g/mol. The van der Waals surface area contributed by atoms with Crippen molar-refractivity contribution < 1.29 is 19.1 Å². The van der Waals surface area contributed by atoms with Crippen molar-refractivity contribution in [1.82, 2.24) is 9.80 Å². The Morgan fingerprint density at radius 2 is 2.00 bits per heavy atom. The number of amides is 2. The number of allylic oxidation sites excluding steroid dienone is 2. The summed E-state index contributed by atoms with van der Waals surface area (Å²) in [5, 5.41) is 0. The molecule has 2 amide bonds. The molecule has 0 saturated carbocycles. The highest BCUT2D eigenvalue weighted by Gasteiger charge is 2.31. The lowest BCUT2D eigenvalue weighted by Crippen LogP contribution is -2.51. The zero-order valence-electron chi connectivity index (χ0n) is 15.8. The summed E-state index contributed by atoms with van der Waals surface area (Å²) in [6.45, 7) is 14.0. The molecule has 0 N–H and O–H groups in total. The van der Waals surface area contributed by atoms with Gasteiger partial charge in [-0.25, -0.2) is 9.59 Å². The van der Waals surface area contributed by atoms with Gasteiger partial charge in [0.05, 0.1) is 6.04 Å². The number of piperidine rings is 1. The first-order valence-corrected chi connectivity index (χ1v) is 8.49. The van der Waals surface area contributed by atoms with Crippen molar-refractivity contribution in [3.8, 4) is 0 Å². The van der Waals surface area contributed by atoms with Gasteiger partial charge in [-0.1, -0.05) is 31.4 Å². The van der Waals surface area contributed by atoms with Crippen LogP contribution in [0.1, 0.15) is 33.6 Å². The van der Waals surface area contributed by atoms with Crippen LogP contribution in [0.4, 0.5) is 9.59 Å². The summed E-state index contributed by atoms with van der Waals surface area (Å²) in [6.07, 6.45) is 5.85. The van der Waals surface area contributed by atoms with E-state index in [1.807, 2.05) is 20.8 Å². The van der Waals surface area contributed by atoms with Crippen molar-refractivity contribution in [1.29, 1.82) is 0 Å². The lowest BCUT2D eigenvalue weighted by Gasteiger charge is -2.37. The fourth-order valence-corrected chi connectivity index (χ4v) is 2.49. The lowest BCUT2D eigenvalue weighted by molar-refractivity contribution is 0.0118. The molecule has 25 heavy (non-hydrogen) atoms. The molecular weight excluding hydrogens is 320 g/mol. The summed E-state index contributed by atoms with van der Waals surface area (Å²) in [6, 6.07) is -0.0932. The third-order valence-corrected chi connectivity index (χ3v) is 3.84. The number of carbonyl (C=O) groups excluding carboxylic acids is 2. The topological polar surface area (TPSA) is 59.1 Å². The average Bonchev–Trinajstić information content (AvgIpc) is 2.56. The maximum atomic E-state index is 12.3. The molecule has 1 rings (SSSR count). The molecule has 1 heterocycles. The Morgan fingerprint density at radius 3 is 2.56 bits per heavy atom. The molecule has 1 saturated heterocycles. The molecule has 1 aliphatic heterocycles. The van der Waals surface area contributed by atoms with E-state index in [4.69, 9.17) is 9.47 Å². The lowest BCUT2D eigenvalue weighted by atomic mass is 10.1. The molecule has 0 aromatic heterocycles. The van der Waals surface area contributed by atoms with E-state index in [1.54, 1.807) is 35.1 Å². The fourth-order valence-electron chi connectivity index (χ4n) is 2.49. The second kappa shape index (κ2) is 9.30. The Bertz CT molecular complexity index is 534. The molecule has 0 aliphatic carbocycles. The van der Waals surface area contributed by atoms with E-state index in [1.165, 1.54) is 0 Å². The first-order valence-electron chi connectivity index (χ1n) is 8.49. The van der Waals surface area contributed by atoms with Crippen molar-refractivity contribution in [3.05, 3.63) is 37.0 Å². The predicted octanol–water partition coefficient (Wildman–Crippen LogP) is 3.75. The number of likely N-dealkylation sites (tertiary alicyclic amines) is 1. The summed E-state index contributed by atoms with van der Waals surface area (Å²) in [7, 11) is 1.69. The Morgan fingerprint density at radius 1 is 1.32 bits per heavy atom. The molecule has 0 bridgehead atoms. The summed E-state index contributed by atoms with van der Waals surface area (Å²) in [5.41, 5.74) is 0.240. The molecule has 0 aromatic rings. The first-order chi connectivity index (χ1) is 11.7. The van der Waals surface area contributed by atoms with E-state index in [0.717, 1.165) is 18.4 Å². The molecular formula is C19H30N2O4. The van der Waals surface area contributed by atoms with Crippen LogP contribution in [0.15, 0.2) is 37.0 Å². The first kappa shape index (κ1) is 20.8. The van der Waals surface area contributed by atoms with Gasteiger partial charge in [0.15, 0.2) is 0 Å². The summed E-state index contributed by atoms with van der Waals surface area (Å²) in [5.74, 6) is 0. The summed E-state index contributed by atoms with van der Waals surface area (Å²) < 4.78 is 10.7. The van der Waals surface area contributed by atoms with Gasteiger partial charge in [-0.2, -0.15) is 0 Å². The van der Waals surface area contributed by atoms with Gasteiger partial charge in [0.1, 0.15) is 12.2 Å². The standard InChI is InChI=1S/C19H30N2O4/c1-7-10-15(8-2)14-24-17(22)20(6)16-11-9-12-21(13-16)18(23)25-19(3,4)5/h7-8,10,16H,1-2,9,11-14H2,3-6H3/b15-10+. The van der Waals surface area contributed by atoms with Gasteiger partial charge in [0.2, 0.25) is 0 Å². The number of ether oxygens (including phenoxy) is 2. The van der Waals surface area contributed by atoms with Crippen LogP contribution in [0.3, 0.4) is 0 Å². The van der Waals surface area contributed by atoms with E-state index in [9.17, 15) is 9.59 Å². The second-order valence-electron chi connectivity index (χ2n) is 7.07. The number of carbonyl (C=O) groups is 2. The van der Waals surface area contributed by atoms with Crippen molar-refractivity contribution in [2.45, 2.75) is 45.3 Å². The van der Waals surface area contributed by atoms with Crippen molar-refractivity contribution in [2.75, 3.05) is 26.7 Å². The molecule has 6 heteroatoms. The third kappa shape index (κ3) is 7.03. The Kier molecular flexibility index (Phi) is 7.74. The van der Waals surface area contributed by atoms with Gasteiger partial charge in [-0.15, -0.1) is 0 Å². The predicted molar refractivity (Wildman–Crippen MR) is 98.4 cm³/mol. The minimum atomic E-state index is -0.534. The van der Waals surface area contributed by atoms with Gasteiger partial charge in [-0.05, 0) is 39.2 Å². The van der Waals surface area contributed by atoms with Gasteiger partial charge in [-0.3, -0.25) is 0 Å². The van der Waals surface area contributed by atoms with Crippen LogP contribution in [0.5, 0.6) is 0 Å². The third-order valence-electron chi connectivity index (χ3n) is 3.84. The molecule has 0 spiro atoms. The van der Waals surface area contributed by atoms with Gasteiger partial charge < -0.3 is 19.3 Å². The highest BCUT2D eigenvalue weighted by Crippen LogP contribution is 2.19. The summed E-state index contributed by atoms with van der Waals surface area (Å²) >= 11 is 0. The van der Waals surface area contributed by atoms with Gasteiger partial charge in [0, 0.05) is 20.1 Å². The molecule has 1 atom stereocenters. The Balaban J connectivity index is 2.59. The van der Waals surface area contributed by atoms with Gasteiger partial charge in [0.25, 0.3) is 0 Å². The highest BCUT2D eigenvalue weighted by atomic mass is 16.6. The van der Waals surface area contributed by atoms with E-state index in [-0.39, 0.29) is 18.7 Å². The average molecular weight is 350 g/mol. The maximum Gasteiger partial charge on any atom is 0.410 e. The van der Waals surface area contributed by atoms with E-state index >= 15 is 0 Å². The summed E-state index contributed by atoms with van der Waals surface area (Å²) in [4.78, 5) is 27.7. The van der Waals surface area contributed by atoms with E-state index in [0.29, 0.717) is 13.1 Å². The van der Waals surface area contributed by atoms with E-state index in [2.05, 4.69) is 13.2 Å². The molecule has 1 aliphatic rings. The number of hydrogen-bond donors (Lipinski definition) is 0. The van der Waals surface area contributed by atoms with Crippen LogP contribution in [0.2, 0.25) is 0 Å². The number of likely N-dealkylation sites (N-methyl/N-ethyl adjacent to an activating group) is 1. The maximum absolute atomic E-state index is 12.3. The number of nitrogens with zero attached hydrogens (tertiary/aromatic N) is 2. The molecule has 6 nitrogen and oxygen atoms in total.